The van der Waals surface area contributed by atoms with Crippen LogP contribution in [0.4, 0.5) is 0 Å². The Morgan fingerprint density at radius 1 is 1.30 bits per heavy atom. The average Bonchev–Trinajstić information content (AvgIpc) is 3.32. The molecule has 0 N–H and O–H groups in total. The van der Waals surface area contributed by atoms with Crippen molar-refractivity contribution in [2.24, 2.45) is 0 Å². The lowest BCUT2D eigenvalue weighted by atomic mass is 10.1. The quantitative estimate of drug-likeness (QED) is 0.741. The normalized spacial score (nSPS) is 14.1. The van der Waals surface area contributed by atoms with Crippen molar-refractivity contribution < 1.29 is 9.32 Å². The maximum Gasteiger partial charge on any atom is 0.276 e. The largest absolute Gasteiger partial charge is 0.360 e. The summed E-state index contributed by atoms with van der Waals surface area (Å²) in [5.41, 5.74) is 2.38. The third kappa shape index (κ3) is 2.70. The van der Waals surface area contributed by atoms with Crippen LogP contribution in [0.15, 0.2) is 47.1 Å². The summed E-state index contributed by atoms with van der Waals surface area (Å²) in [5.74, 6) is 1.16. The number of rotatable bonds is 4. The van der Waals surface area contributed by atoms with Crippen molar-refractivity contribution in [2.45, 2.75) is 25.3 Å². The van der Waals surface area contributed by atoms with Crippen LogP contribution in [0.3, 0.4) is 0 Å². The number of amides is 1. The zero-order valence-electron chi connectivity index (χ0n) is 12.9. The minimum atomic E-state index is -0.124. The molecule has 0 radical (unpaired) electrons. The Morgan fingerprint density at radius 2 is 2.17 bits per heavy atom. The Bertz CT molecular complexity index is 862. The molecular weight excluding hydrogens is 290 g/mol. The van der Waals surface area contributed by atoms with E-state index in [1.165, 1.54) is 0 Å². The van der Waals surface area contributed by atoms with Gasteiger partial charge in [0.25, 0.3) is 5.91 Å². The van der Waals surface area contributed by atoms with Gasteiger partial charge in [-0.3, -0.25) is 9.78 Å². The van der Waals surface area contributed by atoms with E-state index in [0.717, 1.165) is 35.1 Å². The fraction of sp³-hybridized carbons (Fsp3) is 0.278. The number of hydrogen-bond donors (Lipinski definition) is 0. The van der Waals surface area contributed by atoms with E-state index in [1.807, 2.05) is 30.3 Å². The molecule has 116 valence electrons. The molecule has 5 nitrogen and oxygen atoms in total. The molecule has 2 heterocycles. The minimum absolute atomic E-state index is 0.124. The molecule has 1 aliphatic rings. The second-order valence-electron chi connectivity index (χ2n) is 6.04. The van der Waals surface area contributed by atoms with E-state index in [4.69, 9.17) is 4.52 Å². The number of fused-ring (bicyclic) bond motifs is 1. The molecule has 2 aromatic heterocycles. The Labute approximate surface area is 133 Å². The molecule has 3 aromatic rings. The third-order valence-electron chi connectivity index (χ3n) is 4.22. The SMILES string of the molecule is CN(Cc1cccc2ncccc12)C(=O)c1cc(C2CC2)on1. The lowest BCUT2D eigenvalue weighted by Gasteiger charge is -2.16. The van der Waals surface area contributed by atoms with E-state index in [0.29, 0.717) is 18.2 Å². The fourth-order valence-electron chi connectivity index (χ4n) is 2.78. The van der Waals surface area contributed by atoms with Gasteiger partial charge in [-0.2, -0.15) is 0 Å². The highest BCUT2D eigenvalue weighted by Crippen LogP contribution is 2.40. The molecule has 1 aromatic carbocycles. The van der Waals surface area contributed by atoms with Crippen LogP contribution >= 0.6 is 0 Å². The van der Waals surface area contributed by atoms with Crippen molar-refractivity contribution >= 4 is 16.8 Å². The molecule has 0 spiro atoms. The first-order valence-electron chi connectivity index (χ1n) is 7.77. The van der Waals surface area contributed by atoms with Crippen LogP contribution in [0.25, 0.3) is 10.9 Å². The van der Waals surface area contributed by atoms with Crippen LogP contribution < -0.4 is 0 Å². The third-order valence-corrected chi connectivity index (χ3v) is 4.22. The van der Waals surface area contributed by atoms with Gasteiger partial charge < -0.3 is 9.42 Å². The van der Waals surface area contributed by atoms with Crippen LogP contribution in [0.5, 0.6) is 0 Å². The van der Waals surface area contributed by atoms with Gasteiger partial charge in [-0.15, -0.1) is 0 Å². The predicted octanol–water partition coefficient (Wildman–Crippen LogP) is 3.37. The van der Waals surface area contributed by atoms with Gasteiger partial charge in [0, 0.05) is 37.2 Å². The maximum atomic E-state index is 12.5. The van der Waals surface area contributed by atoms with E-state index >= 15 is 0 Å². The van der Waals surface area contributed by atoms with Gasteiger partial charge >= 0.3 is 0 Å². The van der Waals surface area contributed by atoms with Crippen molar-refractivity contribution in [2.75, 3.05) is 7.05 Å². The summed E-state index contributed by atoms with van der Waals surface area (Å²) in [6.07, 6.45) is 4.03. The topological polar surface area (TPSA) is 59.2 Å². The highest BCUT2D eigenvalue weighted by molar-refractivity contribution is 5.92. The van der Waals surface area contributed by atoms with Gasteiger partial charge in [-0.05, 0) is 30.5 Å². The first-order valence-corrected chi connectivity index (χ1v) is 7.77. The second kappa shape index (κ2) is 5.50. The van der Waals surface area contributed by atoms with Gasteiger partial charge in [-0.25, -0.2) is 0 Å². The van der Waals surface area contributed by atoms with Gasteiger partial charge in [0.1, 0.15) is 5.76 Å². The number of carbonyl (C=O) groups is 1. The van der Waals surface area contributed by atoms with Crippen molar-refractivity contribution in [1.29, 1.82) is 0 Å². The van der Waals surface area contributed by atoms with Crippen LogP contribution in [0.2, 0.25) is 0 Å². The smallest absolute Gasteiger partial charge is 0.276 e. The van der Waals surface area contributed by atoms with Crippen LogP contribution in [-0.4, -0.2) is 28.0 Å². The molecule has 5 heteroatoms. The monoisotopic (exact) mass is 307 g/mol. The minimum Gasteiger partial charge on any atom is -0.360 e. The lowest BCUT2D eigenvalue weighted by Crippen LogP contribution is -2.26. The van der Waals surface area contributed by atoms with Crippen LogP contribution in [0.1, 0.15) is 40.6 Å². The molecule has 0 bridgehead atoms. The molecule has 0 saturated heterocycles. The van der Waals surface area contributed by atoms with Gasteiger partial charge in [0.05, 0.1) is 5.52 Å². The number of benzene rings is 1. The lowest BCUT2D eigenvalue weighted by molar-refractivity contribution is 0.0775. The summed E-state index contributed by atoms with van der Waals surface area (Å²) in [6.45, 7) is 0.507. The van der Waals surface area contributed by atoms with E-state index in [2.05, 4.69) is 10.1 Å². The molecule has 1 amide bonds. The first-order chi connectivity index (χ1) is 11.2. The number of hydrogen-bond acceptors (Lipinski definition) is 4. The highest BCUT2D eigenvalue weighted by atomic mass is 16.5. The highest BCUT2D eigenvalue weighted by Gasteiger charge is 2.29. The molecule has 1 fully saturated rings. The Morgan fingerprint density at radius 3 is 3.00 bits per heavy atom. The zero-order chi connectivity index (χ0) is 15.8. The summed E-state index contributed by atoms with van der Waals surface area (Å²) >= 11 is 0. The van der Waals surface area contributed by atoms with E-state index < -0.39 is 0 Å². The summed E-state index contributed by atoms with van der Waals surface area (Å²) in [6, 6.07) is 11.7. The molecule has 0 aliphatic heterocycles. The van der Waals surface area contributed by atoms with Crippen LogP contribution in [-0.2, 0) is 6.54 Å². The number of carbonyl (C=O) groups excluding carboxylic acids is 1. The molecule has 1 saturated carbocycles. The Hall–Kier alpha value is -2.69. The second-order valence-corrected chi connectivity index (χ2v) is 6.04. The summed E-state index contributed by atoms with van der Waals surface area (Å²) in [7, 11) is 1.78. The van der Waals surface area contributed by atoms with Crippen molar-refractivity contribution in [3.63, 3.8) is 0 Å². The van der Waals surface area contributed by atoms with Gasteiger partial charge in [-0.1, -0.05) is 23.4 Å². The van der Waals surface area contributed by atoms with Crippen molar-refractivity contribution in [3.8, 4) is 0 Å². The summed E-state index contributed by atoms with van der Waals surface area (Å²) in [5, 5.41) is 4.99. The molecule has 0 atom stereocenters. The number of aromatic nitrogens is 2. The number of pyridine rings is 1. The Kier molecular flexibility index (Phi) is 3.33. The molecule has 1 aliphatic carbocycles. The maximum absolute atomic E-state index is 12.5. The van der Waals surface area contributed by atoms with E-state index in [1.54, 1.807) is 24.2 Å². The average molecular weight is 307 g/mol. The molecular formula is C18H17N3O2. The van der Waals surface area contributed by atoms with Gasteiger partial charge in [0.15, 0.2) is 5.69 Å². The summed E-state index contributed by atoms with van der Waals surface area (Å²) in [4.78, 5) is 18.5. The van der Waals surface area contributed by atoms with Crippen molar-refractivity contribution in [3.05, 3.63) is 59.6 Å². The Balaban J connectivity index is 1.55. The number of nitrogens with zero attached hydrogens (tertiary/aromatic N) is 3. The van der Waals surface area contributed by atoms with Gasteiger partial charge in [0.2, 0.25) is 0 Å². The predicted molar refractivity (Wildman–Crippen MR) is 86.0 cm³/mol. The molecule has 23 heavy (non-hydrogen) atoms. The zero-order valence-corrected chi connectivity index (χ0v) is 12.9. The fourth-order valence-corrected chi connectivity index (χ4v) is 2.78. The van der Waals surface area contributed by atoms with E-state index in [-0.39, 0.29) is 5.91 Å². The summed E-state index contributed by atoms with van der Waals surface area (Å²) < 4.78 is 5.27. The van der Waals surface area contributed by atoms with E-state index in [9.17, 15) is 4.79 Å². The van der Waals surface area contributed by atoms with Crippen molar-refractivity contribution in [1.82, 2.24) is 15.0 Å². The first kappa shape index (κ1) is 13.9. The van der Waals surface area contributed by atoms with Crippen LogP contribution in [0, 0.1) is 0 Å². The standard InChI is InChI=1S/C18H17N3O2/c1-21(18(22)16-10-17(23-20-16)12-7-8-12)11-13-4-2-6-15-14(13)5-3-9-19-15/h2-6,9-10,12H,7-8,11H2,1H3. The molecule has 4 rings (SSSR count). The molecule has 0 unspecified atom stereocenters.